The van der Waals surface area contributed by atoms with Crippen molar-refractivity contribution in [3.05, 3.63) is 18.0 Å². The third-order valence-corrected chi connectivity index (χ3v) is 3.37. The molecule has 2 rings (SSSR count). The van der Waals surface area contributed by atoms with Gasteiger partial charge in [0.1, 0.15) is 0 Å². The average Bonchev–Trinajstić information content (AvgIpc) is 2.93. The van der Waals surface area contributed by atoms with E-state index >= 15 is 0 Å². The SMILES string of the molecule is CCn1nccc1C1CCCN1CCC(=O)O. The van der Waals surface area contributed by atoms with E-state index in [1.54, 1.807) is 0 Å². The molecule has 1 unspecified atom stereocenters. The van der Waals surface area contributed by atoms with Gasteiger partial charge in [-0.05, 0) is 32.4 Å². The molecule has 0 aliphatic carbocycles. The maximum atomic E-state index is 10.6. The Morgan fingerprint density at radius 1 is 1.65 bits per heavy atom. The van der Waals surface area contributed by atoms with E-state index in [0.717, 1.165) is 25.9 Å². The van der Waals surface area contributed by atoms with Crippen LogP contribution >= 0.6 is 0 Å². The Morgan fingerprint density at radius 2 is 2.47 bits per heavy atom. The van der Waals surface area contributed by atoms with Gasteiger partial charge in [-0.2, -0.15) is 5.10 Å². The summed E-state index contributed by atoms with van der Waals surface area (Å²) >= 11 is 0. The highest BCUT2D eigenvalue weighted by Crippen LogP contribution is 2.31. The minimum Gasteiger partial charge on any atom is -0.481 e. The zero-order valence-corrected chi connectivity index (χ0v) is 10.2. The van der Waals surface area contributed by atoms with E-state index < -0.39 is 5.97 Å². The first-order chi connectivity index (χ1) is 8.22. The van der Waals surface area contributed by atoms with Gasteiger partial charge in [0.25, 0.3) is 0 Å². The fourth-order valence-corrected chi connectivity index (χ4v) is 2.56. The van der Waals surface area contributed by atoms with E-state index in [9.17, 15) is 4.79 Å². The Bertz CT molecular complexity index is 389. The topological polar surface area (TPSA) is 58.4 Å². The number of nitrogens with zero attached hydrogens (tertiary/aromatic N) is 3. The number of rotatable bonds is 5. The Labute approximate surface area is 101 Å². The molecular formula is C12H19N3O2. The Hall–Kier alpha value is -1.36. The lowest BCUT2D eigenvalue weighted by Crippen LogP contribution is -2.27. The quantitative estimate of drug-likeness (QED) is 0.843. The summed E-state index contributed by atoms with van der Waals surface area (Å²) in [4.78, 5) is 12.9. The summed E-state index contributed by atoms with van der Waals surface area (Å²) in [5.74, 6) is -0.723. The molecule has 0 amide bonds. The lowest BCUT2D eigenvalue weighted by Gasteiger charge is -2.24. The highest BCUT2D eigenvalue weighted by atomic mass is 16.4. The number of hydrogen-bond acceptors (Lipinski definition) is 3. The van der Waals surface area contributed by atoms with Gasteiger partial charge in [-0.3, -0.25) is 14.4 Å². The molecule has 94 valence electrons. The largest absolute Gasteiger partial charge is 0.481 e. The molecule has 17 heavy (non-hydrogen) atoms. The van der Waals surface area contributed by atoms with Crippen molar-refractivity contribution in [2.45, 2.75) is 38.8 Å². The highest BCUT2D eigenvalue weighted by Gasteiger charge is 2.28. The van der Waals surface area contributed by atoms with Crippen molar-refractivity contribution in [1.82, 2.24) is 14.7 Å². The van der Waals surface area contributed by atoms with Crippen LogP contribution in [0.1, 0.15) is 37.9 Å². The molecule has 1 fully saturated rings. The lowest BCUT2D eigenvalue weighted by atomic mass is 10.1. The van der Waals surface area contributed by atoms with Gasteiger partial charge in [-0.1, -0.05) is 0 Å². The van der Waals surface area contributed by atoms with Crippen LogP contribution in [0.3, 0.4) is 0 Å². The molecule has 5 heteroatoms. The summed E-state index contributed by atoms with van der Waals surface area (Å²) in [6.07, 6.45) is 4.29. The van der Waals surface area contributed by atoms with Crippen molar-refractivity contribution in [3.8, 4) is 0 Å². The molecule has 2 heterocycles. The summed E-state index contributed by atoms with van der Waals surface area (Å²) in [6, 6.07) is 2.39. The van der Waals surface area contributed by atoms with Crippen molar-refractivity contribution < 1.29 is 9.90 Å². The average molecular weight is 237 g/mol. The van der Waals surface area contributed by atoms with Crippen LogP contribution in [0.15, 0.2) is 12.3 Å². The first-order valence-corrected chi connectivity index (χ1v) is 6.20. The molecule has 1 aromatic rings. The fraction of sp³-hybridized carbons (Fsp3) is 0.667. The van der Waals surface area contributed by atoms with Crippen molar-refractivity contribution >= 4 is 5.97 Å². The molecule has 5 nitrogen and oxygen atoms in total. The van der Waals surface area contributed by atoms with Crippen LogP contribution in [-0.4, -0.2) is 38.8 Å². The van der Waals surface area contributed by atoms with Gasteiger partial charge in [0.05, 0.1) is 18.2 Å². The standard InChI is InChI=1S/C12H19N3O2/c1-2-15-11(5-7-13-15)10-4-3-8-14(10)9-6-12(16)17/h5,7,10H,2-4,6,8-9H2,1H3,(H,16,17). The number of aliphatic carboxylic acids is 1. The lowest BCUT2D eigenvalue weighted by molar-refractivity contribution is -0.137. The molecule has 1 saturated heterocycles. The minimum atomic E-state index is -0.723. The van der Waals surface area contributed by atoms with Crippen LogP contribution in [0.2, 0.25) is 0 Å². The molecule has 1 aliphatic rings. The van der Waals surface area contributed by atoms with Crippen LogP contribution in [-0.2, 0) is 11.3 Å². The number of carboxylic acids is 1. The number of carboxylic acid groups (broad SMARTS) is 1. The van der Waals surface area contributed by atoms with E-state index in [1.807, 2.05) is 16.9 Å². The number of hydrogen-bond donors (Lipinski definition) is 1. The second-order valence-corrected chi connectivity index (χ2v) is 4.41. The molecule has 0 radical (unpaired) electrons. The maximum absolute atomic E-state index is 10.6. The molecule has 1 aromatic heterocycles. The molecule has 1 atom stereocenters. The number of carbonyl (C=O) groups is 1. The first kappa shape index (κ1) is 12.1. The van der Waals surface area contributed by atoms with Gasteiger partial charge in [-0.15, -0.1) is 0 Å². The predicted octanol–water partition coefficient (Wildman–Crippen LogP) is 1.51. The normalized spacial score (nSPS) is 20.9. The Kier molecular flexibility index (Phi) is 3.78. The molecule has 1 aliphatic heterocycles. The predicted molar refractivity (Wildman–Crippen MR) is 63.7 cm³/mol. The highest BCUT2D eigenvalue weighted by molar-refractivity contribution is 5.66. The number of aryl methyl sites for hydroxylation is 1. The summed E-state index contributed by atoms with van der Waals surface area (Å²) < 4.78 is 2.00. The summed E-state index contributed by atoms with van der Waals surface area (Å²) in [6.45, 7) is 4.57. The van der Waals surface area contributed by atoms with Crippen LogP contribution in [0.5, 0.6) is 0 Å². The van der Waals surface area contributed by atoms with Gasteiger partial charge < -0.3 is 5.11 Å². The first-order valence-electron chi connectivity index (χ1n) is 6.20. The number of aromatic nitrogens is 2. The van der Waals surface area contributed by atoms with Gasteiger partial charge in [0, 0.05) is 19.3 Å². The van der Waals surface area contributed by atoms with Gasteiger partial charge in [0.15, 0.2) is 0 Å². The molecule has 0 spiro atoms. The smallest absolute Gasteiger partial charge is 0.304 e. The van der Waals surface area contributed by atoms with E-state index in [0.29, 0.717) is 12.6 Å². The van der Waals surface area contributed by atoms with Crippen molar-refractivity contribution in [2.24, 2.45) is 0 Å². The zero-order chi connectivity index (χ0) is 12.3. The van der Waals surface area contributed by atoms with E-state index in [4.69, 9.17) is 5.11 Å². The monoisotopic (exact) mass is 237 g/mol. The van der Waals surface area contributed by atoms with Crippen LogP contribution < -0.4 is 0 Å². The minimum absolute atomic E-state index is 0.219. The summed E-state index contributed by atoms with van der Waals surface area (Å²) in [5.41, 5.74) is 1.22. The Balaban J connectivity index is 2.06. The van der Waals surface area contributed by atoms with Gasteiger partial charge in [0.2, 0.25) is 0 Å². The van der Waals surface area contributed by atoms with E-state index in [1.165, 1.54) is 5.69 Å². The molecule has 0 saturated carbocycles. The molecule has 0 bridgehead atoms. The fourth-order valence-electron chi connectivity index (χ4n) is 2.56. The number of likely N-dealkylation sites (tertiary alicyclic amines) is 1. The Morgan fingerprint density at radius 3 is 3.18 bits per heavy atom. The second-order valence-electron chi connectivity index (χ2n) is 4.41. The van der Waals surface area contributed by atoms with Crippen LogP contribution in [0, 0.1) is 0 Å². The third kappa shape index (κ3) is 2.66. The maximum Gasteiger partial charge on any atom is 0.304 e. The van der Waals surface area contributed by atoms with Crippen molar-refractivity contribution in [1.29, 1.82) is 0 Å². The van der Waals surface area contributed by atoms with E-state index in [2.05, 4.69) is 16.9 Å². The van der Waals surface area contributed by atoms with Crippen molar-refractivity contribution in [3.63, 3.8) is 0 Å². The van der Waals surface area contributed by atoms with Crippen LogP contribution in [0.25, 0.3) is 0 Å². The molecule has 0 aromatic carbocycles. The van der Waals surface area contributed by atoms with Gasteiger partial charge >= 0.3 is 5.97 Å². The third-order valence-electron chi connectivity index (χ3n) is 3.37. The second kappa shape index (κ2) is 5.31. The van der Waals surface area contributed by atoms with E-state index in [-0.39, 0.29) is 6.42 Å². The van der Waals surface area contributed by atoms with Crippen molar-refractivity contribution in [2.75, 3.05) is 13.1 Å². The summed E-state index contributed by atoms with van der Waals surface area (Å²) in [5, 5.41) is 13.0. The van der Waals surface area contributed by atoms with Crippen LogP contribution in [0.4, 0.5) is 0 Å². The summed E-state index contributed by atoms with van der Waals surface area (Å²) in [7, 11) is 0. The zero-order valence-electron chi connectivity index (χ0n) is 10.2. The molecular weight excluding hydrogens is 218 g/mol. The van der Waals surface area contributed by atoms with Gasteiger partial charge in [-0.25, -0.2) is 0 Å². The molecule has 1 N–H and O–H groups in total.